The minimum absolute atomic E-state index is 0.119. The van der Waals surface area contributed by atoms with Crippen LogP contribution in [0.1, 0.15) is 96.8 Å². The maximum absolute atomic E-state index is 12.2. The van der Waals surface area contributed by atoms with E-state index in [4.69, 9.17) is 21.0 Å². The first-order valence-corrected chi connectivity index (χ1v) is 12.3. The van der Waals surface area contributed by atoms with E-state index in [0.29, 0.717) is 32.6 Å². The normalized spacial score (nSPS) is 13.9. The van der Waals surface area contributed by atoms with Crippen molar-refractivity contribution in [3.8, 4) is 0 Å². The lowest BCUT2D eigenvalue weighted by Gasteiger charge is -2.35. The number of piperazine rings is 1. The molecule has 0 bridgehead atoms. The monoisotopic (exact) mass is 480 g/mol. The van der Waals surface area contributed by atoms with Crippen molar-refractivity contribution in [1.82, 2.24) is 9.80 Å². The fourth-order valence-corrected chi connectivity index (χ4v) is 3.65. The number of carbonyl (C=O) groups excluding carboxylic acids is 1. The smallest absolute Gasteiger partial charge is 0.475 e. The average Bonchev–Trinajstić information content (AvgIpc) is 2.76. The predicted octanol–water partition coefficient (Wildman–Crippen LogP) is 5.14. The summed E-state index contributed by atoms with van der Waals surface area (Å²) in [6.45, 7) is 5.07. The van der Waals surface area contributed by atoms with Gasteiger partial charge < -0.3 is 20.6 Å². The molecule has 0 saturated carbocycles. The Bertz CT molecular complexity index is 552. The third-order valence-electron chi connectivity index (χ3n) is 5.71. The van der Waals surface area contributed by atoms with Gasteiger partial charge in [0.2, 0.25) is 5.91 Å². The first-order valence-electron chi connectivity index (χ1n) is 12.3. The standard InChI is InChI=1S/C21H42N4O.C2HF3O2/c1-2-3-4-5-6-7-8-9-10-11-12-13-14-15-20(26)24-16-18-25(19-17-24)21(22)23;3-2(4,5)1(6)7/h2-19H2,1H3,(H3,22,23);(H,6,7). The lowest BCUT2D eigenvalue weighted by atomic mass is 10.0. The fourth-order valence-electron chi connectivity index (χ4n) is 3.65. The Hall–Kier alpha value is -2.00. The number of nitrogens with one attached hydrogen (secondary N) is 1. The Labute approximate surface area is 196 Å². The molecule has 1 amide bonds. The maximum atomic E-state index is 12.2. The molecular formula is C23H43F3N4O3. The molecule has 0 atom stereocenters. The number of carbonyl (C=O) groups is 2. The van der Waals surface area contributed by atoms with Gasteiger partial charge in [0.05, 0.1) is 0 Å². The minimum Gasteiger partial charge on any atom is -0.475 e. The molecule has 1 heterocycles. The molecule has 33 heavy (non-hydrogen) atoms. The van der Waals surface area contributed by atoms with Gasteiger partial charge in [-0.15, -0.1) is 0 Å². The van der Waals surface area contributed by atoms with Gasteiger partial charge in [0.15, 0.2) is 5.96 Å². The molecule has 0 aromatic carbocycles. The van der Waals surface area contributed by atoms with Crippen molar-refractivity contribution >= 4 is 17.8 Å². The van der Waals surface area contributed by atoms with Gasteiger partial charge in [-0.1, -0.05) is 84.0 Å². The number of carboxylic acids is 1. The molecule has 10 heteroatoms. The number of hydrogen-bond donors (Lipinski definition) is 3. The Balaban J connectivity index is 0.00000126. The van der Waals surface area contributed by atoms with E-state index in [-0.39, 0.29) is 11.9 Å². The highest BCUT2D eigenvalue weighted by atomic mass is 19.4. The van der Waals surface area contributed by atoms with E-state index in [1.807, 2.05) is 9.80 Å². The summed E-state index contributed by atoms with van der Waals surface area (Å²) in [5.41, 5.74) is 5.48. The first kappa shape index (κ1) is 31.0. The van der Waals surface area contributed by atoms with Crippen molar-refractivity contribution in [2.45, 2.75) is 103 Å². The van der Waals surface area contributed by atoms with Crippen molar-refractivity contribution in [2.24, 2.45) is 5.73 Å². The Kier molecular flexibility index (Phi) is 17.3. The summed E-state index contributed by atoms with van der Waals surface area (Å²) in [5, 5.41) is 14.5. The number of halogens is 3. The number of amides is 1. The van der Waals surface area contributed by atoms with Gasteiger partial charge in [0, 0.05) is 32.6 Å². The molecule has 0 aliphatic carbocycles. The molecule has 0 aromatic heterocycles. The fraction of sp³-hybridized carbons (Fsp3) is 0.870. The summed E-state index contributed by atoms with van der Waals surface area (Å²) in [7, 11) is 0. The van der Waals surface area contributed by atoms with Crippen LogP contribution < -0.4 is 5.73 Å². The number of guanidine groups is 1. The summed E-state index contributed by atoms with van der Waals surface area (Å²) in [5.74, 6) is -2.36. The number of alkyl halides is 3. The van der Waals surface area contributed by atoms with Gasteiger partial charge in [-0.05, 0) is 6.42 Å². The predicted molar refractivity (Wildman–Crippen MR) is 124 cm³/mol. The van der Waals surface area contributed by atoms with Crippen LogP contribution >= 0.6 is 0 Å². The van der Waals surface area contributed by atoms with Crippen molar-refractivity contribution in [2.75, 3.05) is 26.2 Å². The van der Waals surface area contributed by atoms with Gasteiger partial charge in [0.25, 0.3) is 0 Å². The summed E-state index contributed by atoms with van der Waals surface area (Å²) in [6.07, 6.45) is 12.9. The molecule has 1 aliphatic rings. The Morgan fingerprint density at radius 1 is 0.788 bits per heavy atom. The highest BCUT2D eigenvalue weighted by molar-refractivity contribution is 5.77. The number of rotatable bonds is 14. The van der Waals surface area contributed by atoms with Crippen LogP contribution in [0.3, 0.4) is 0 Å². The minimum atomic E-state index is -5.08. The van der Waals surface area contributed by atoms with Gasteiger partial charge in [-0.3, -0.25) is 10.2 Å². The van der Waals surface area contributed by atoms with Gasteiger partial charge in [0.1, 0.15) is 0 Å². The zero-order chi connectivity index (χ0) is 25.1. The first-order chi connectivity index (χ1) is 15.6. The molecule has 194 valence electrons. The Morgan fingerprint density at radius 3 is 1.45 bits per heavy atom. The molecule has 0 spiro atoms. The van der Waals surface area contributed by atoms with Crippen LogP contribution in [-0.2, 0) is 9.59 Å². The SMILES string of the molecule is CCCCCCCCCCCCCCCC(=O)N1CCN(C(=N)N)CC1.O=C(O)C(F)(F)F. The van der Waals surface area contributed by atoms with Crippen LogP contribution in [0.15, 0.2) is 0 Å². The molecule has 1 fully saturated rings. The second-order valence-corrected chi connectivity index (χ2v) is 8.55. The van der Waals surface area contributed by atoms with Crippen LogP contribution in [0.5, 0.6) is 0 Å². The molecule has 1 saturated heterocycles. The largest absolute Gasteiger partial charge is 0.490 e. The van der Waals surface area contributed by atoms with E-state index in [1.165, 1.54) is 77.0 Å². The molecule has 7 nitrogen and oxygen atoms in total. The lowest BCUT2D eigenvalue weighted by Crippen LogP contribution is -2.52. The third-order valence-corrected chi connectivity index (χ3v) is 5.71. The third kappa shape index (κ3) is 17.2. The number of hydrogen-bond acceptors (Lipinski definition) is 3. The van der Waals surface area contributed by atoms with Gasteiger partial charge in [-0.2, -0.15) is 13.2 Å². The number of nitrogens with zero attached hydrogens (tertiary/aromatic N) is 2. The topological polar surface area (TPSA) is 111 Å². The summed E-state index contributed by atoms with van der Waals surface area (Å²) in [6, 6.07) is 0. The molecule has 4 N–H and O–H groups in total. The molecule has 0 unspecified atom stereocenters. The van der Waals surface area contributed by atoms with Crippen LogP contribution in [0.2, 0.25) is 0 Å². The molecule has 0 radical (unpaired) electrons. The van der Waals surface area contributed by atoms with E-state index in [2.05, 4.69) is 6.92 Å². The lowest BCUT2D eigenvalue weighted by molar-refractivity contribution is -0.192. The van der Waals surface area contributed by atoms with E-state index < -0.39 is 12.1 Å². The summed E-state index contributed by atoms with van der Waals surface area (Å²) < 4.78 is 31.7. The second kappa shape index (κ2) is 18.4. The van der Waals surface area contributed by atoms with Crippen LogP contribution in [0.4, 0.5) is 13.2 Å². The molecule has 1 rings (SSSR count). The quantitative estimate of drug-likeness (QED) is 0.181. The zero-order valence-electron chi connectivity index (χ0n) is 20.1. The summed E-state index contributed by atoms with van der Waals surface area (Å²) in [4.78, 5) is 24.9. The van der Waals surface area contributed by atoms with Crippen LogP contribution in [0.25, 0.3) is 0 Å². The molecule has 1 aliphatic heterocycles. The average molecular weight is 481 g/mol. The van der Waals surface area contributed by atoms with Gasteiger partial charge >= 0.3 is 12.1 Å². The van der Waals surface area contributed by atoms with E-state index >= 15 is 0 Å². The molecular weight excluding hydrogens is 437 g/mol. The van der Waals surface area contributed by atoms with Crippen molar-refractivity contribution in [3.63, 3.8) is 0 Å². The number of unbranched alkanes of at least 4 members (excludes halogenated alkanes) is 12. The van der Waals surface area contributed by atoms with E-state index in [1.54, 1.807) is 0 Å². The van der Waals surface area contributed by atoms with Crippen molar-refractivity contribution in [3.05, 3.63) is 0 Å². The molecule has 0 aromatic rings. The van der Waals surface area contributed by atoms with Crippen LogP contribution in [-0.4, -0.2) is 65.1 Å². The van der Waals surface area contributed by atoms with Crippen LogP contribution in [0, 0.1) is 5.41 Å². The maximum Gasteiger partial charge on any atom is 0.490 e. The summed E-state index contributed by atoms with van der Waals surface area (Å²) >= 11 is 0. The second-order valence-electron chi connectivity index (χ2n) is 8.55. The van der Waals surface area contributed by atoms with Crippen molar-refractivity contribution in [1.29, 1.82) is 5.41 Å². The Morgan fingerprint density at radius 2 is 1.12 bits per heavy atom. The number of aliphatic carboxylic acids is 1. The van der Waals surface area contributed by atoms with E-state index in [9.17, 15) is 18.0 Å². The number of carboxylic acid groups (broad SMARTS) is 1. The number of nitrogens with two attached hydrogens (primary N) is 1. The zero-order valence-corrected chi connectivity index (χ0v) is 20.1. The highest BCUT2D eigenvalue weighted by Gasteiger charge is 2.38. The highest BCUT2D eigenvalue weighted by Crippen LogP contribution is 2.14. The van der Waals surface area contributed by atoms with Crippen molar-refractivity contribution < 1.29 is 27.9 Å². The van der Waals surface area contributed by atoms with E-state index in [0.717, 1.165) is 6.42 Å². The van der Waals surface area contributed by atoms with Gasteiger partial charge in [-0.25, -0.2) is 4.79 Å².